The summed E-state index contributed by atoms with van der Waals surface area (Å²) in [5.41, 5.74) is 1.47. The molecule has 0 aliphatic heterocycles. The molecule has 2 rings (SSSR count). The number of aryl methyl sites for hydroxylation is 1. The number of carbonyl (C=O) groups is 1. The summed E-state index contributed by atoms with van der Waals surface area (Å²) in [5.74, 6) is 0.481. The molecule has 1 heterocycles. The number of benzene rings is 1. The summed E-state index contributed by atoms with van der Waals surface area (Å²) in [7, 11) is 2.88. The largest absolute Gasteiger partial charge is 0.490 e. The molecule has 0 atom stereocenters. The Morgan fingerprint density at radius 1 is 1.19 bits per heavy atom. The molecule has 1 aromatic heterocycles. The summed E-state index contributed by atoms with van der Waals surface area (Å²) in [6, 6.07) is 7.00. The minimum Gasteiger partial charge on any atom is -0.490 e. The van der Waals surface area contributed by atoms with Crippen molar-refractivity contribution in [3.63, 3.8) is 0 Å². The molecule has 138 valence electrons. The molecular formula is C17H20N4O5. The highest BCUT2D eigenvalue weighted by Gasteiger charge is 2.07. The maximum Gasteiger partial charge on any atom is 0.330 e. The first-order valence-corrected chi connectivity index (χ1v) is 7.87. The van der Waals surface area contributed by atoms with Crippen LogP contribution in [-0.4, -0.2) is 34.5 Å². The molecule has 0 aliphatic rings. The lowest BCUT2D eigenvalue weighted by Gasteiger charge is -2.10. The Morgan fingerprint density at radius 2 is 1.85 bits per heavy atom. The summed E-state index contributed by atoms with van der Waals surface area (Å²) < 4.78 is 13.0. The van der Waals surface area contributed by atoms with E-state index in [9.17, 15) is 14.4 Å². The van der Waals surface area contributed by atoms with Gasteiger partial charge in [-0.2, -0.15) is 5.10 Å². The number of nitrogens with one attached hydrogen (secondary N) is 1. The lowest BCUT2D eigenvalue weighted by molar-refractivity contribution is -0.123. The summed E-state index contributed by atoms with van der Waals surface area (Å²) in [6.45, 7) is 2.06. The second-order valence-corrected chi connectivity index (χ2v) is 5.30. The molecule has 0 fully saturated rings. The zero-order chi connectivity index (χ0) is 19.1. The molecule has 0 spiro atoms. The summed E-state index contributed by atoms with van der Waals surface area (Å²) in [4.78, 5) is 35.4. The van der Waals surface area contributed by atoms with Crippen LogP contribution in [-0.2, 0) is 18.9 Å². The normalized spacial score (nSPS) is 10.7. The van der Waals surface area contributed by atoms with Crippen LogP contribution in [0.25, 0.3) is 0 Å². The Balaban J connectivity index is 1.97. The molecular weight excluding hydrogens is 340 g/mol. The number of ether oxygens (including phenoxy) is 2. The number of para-hydroxylation sites is 2. The van der Waals surface area contributed by atoms with Crippen molar-refractivity contribution in [3.8, 4) is 11.5 Å². The van der Waals surface area contributed by atoms with E-state index in [0.29, 0.717) is 18.1 Å². The van der Waals surface area contributed by atoms with Gasteiger partial charge in [0.15, 0.2) is 18.1 Å². The third-order valence-electron chi connectivity index (χ3n) is 3.37. The number of aromatic nitrogens is 2. The molecule has 0 unspecified atom stereocenters. The van der Waals surface area contributed by atoms with Gasteiger partial charge in [-0.1, -0.05) is 12.1 Å². The fourth-order valence-corrected chi connectivity index (χ4v) is 2.12. The molecule has 0 radical (unpaired) electrons. The van der Waals surface area contributed by atoms with Crippen LogP contribution in [0.2, 0.25) is 0 Å². The van der Waals surface area contributed by atoms with Crippen molar-refractivity contribution in [1.82, 2.24) is 14.6 Å². The first kappa shape index (κ1) is 19.0. The lowest BCUT2D eigenvalue weighted by atomic mass is 10.3. The van der Waals surface area contributed by atoms with Gasteiger partial charge in [-0.05, 0) is 19.1 Å². The smallest absolute Gasteiger partial charge is 0.330 e. The van der Waals surface area contributed by atoms with Crippen LogP contribution < -0.4 is 26.1 Å². The summed E-state index contributed by atoms with van der Waals surface area (Å²) >= 11 is 0. The number of rotatable bonds is 7. The molecule has 1 aromatic carbocycles. The molecule has 1 amide bonds. The van der Waals surface area contributed by atoms with Gasteiger partial charge in [0.1, 0.15) is 0 Å². The first-order chi connectivity index (χ1) is 12.4. The number of hydrazone groups is 1. The Kier molecular flexibility index (Phi) is 6.31. The fraction of sp³-hybridized carbons (Fsp3) is 0.294. The molecule has 2 aromatic rings. The summed E-state index contributed by atoms with van der Waals surface area (Å²) in [5, 5.41) is 3.72. The maximum absolute atomic E-state index is 11.9. The first-order valence-electron chi connectivity index (χ1n) is 7.87. The highest BCUT2D eigenvalue weighted by Crippen LogP contribution is 2.26. The van der Waals surface area contributed by atoms with Crippen molar-refractivity contribution in [2.45, 2.75) is 6.92 Å². The Hall–Kier alpha value is -3.36. The van der Waals surface area contributed by atoms with E-state index in [1.54, 1.807) is 24.3 Å². The molecule has 0 saturated carbocycles. The van der Waals surface area contributed by atoms with Gasteiger partial charge >= 0.3 is 5.69 Å². The van der Waals surface area contributed by atoms with E-state index < -0.39 is 17.2 Å². The quantitative estimate of drug-likeness (QED) is 0.553. The number of amides is 1. The van der Waals surface area contributed by atoms with Crippen molar-refractivity contribution < 1.29 is 14.3 Å². The Labute approximate surface area is 149 Å². The molecule has 9 heteroatoms. The van der Waals surface area contributed by atoms with Crippen molar-refractivity contribution in [2.24, 2.45) is 19.2 Å². The van der Waals surface area contributed by atoms with E-state index >= 15 is 0 Å². The number of hydrogen-bond acceptors (Lipinski definition) is 6. The third kappa shape index (κ3) is 4.59. The highest BCUT2D eigenvalue weighted by molar-refractivity contribution is 5.82. The zero-order valence-corrected chi connectivity index (χ0v) is 14.8. The van der Waals surface area contributed by atoms with E-state index in [4.69, 9.17) is 9.47 Å². The molecule has 0 bridgehead atoms. The minimum atomic E-state index is -0.506. The molecule has 0 aliphatic carbocycles. The predicted molar refractivity (Wildman–Crippen MR) is 95.8 cm³/mol. The van der Waals surface area contributed by atoms with E-state index in [1.165, 1.54) is 31.1 Å². The van der Waals surface area contributed by atoms with Crippen LogP contribution in [0.3, 0.4) is 0 Å². The van der Waals surface area contributed by atoms with E-state index in [-0.39, 0.29) is 12.2 Å². The van der Waals surface area contributed by atoms with Crippen LogP contribution >= 0.6 is 0 Å². The predicted octanol–water partition coefficient (Wildman–Crippen LogP) is 0.0118. The SMILES string of the molecule is CCOc1ccccc1OCC(=O)N/N=C/c1cn(C)c(=O)n(C)c1=O. The lowest BCUT2D eigenvalue weighted by Crippen LogP contribution is -2.38. The number of carbonyl (C=O) groups excluding carboxylic acids is 1. The van der Waals surface area contributed by atoms with Gasteiger partial charge in [-0.3, -0.25) is 14.2 Å². The standard InChI is InChI=1S/C17H20N4O5/c1-4-25-13-7-5-6-8-14(13)26-11-15(22)19-18-9-12-10-20(2)17(24)21(3)16(12)23/h5-10H,4,11H2,1-3H3,(H,19,22)/b18-9+. The van der Waals surface area contributed by atoms with Gasteiger partial charge in [0.2, 0.25) is 0 Å². The van der Waals surface area contributed by atoms with Crippen molar-refractivity contribution in [1.29, 1.82) is 0 Å². The van der Waals surface area contributed by atoms with Gasteiger partial charge < -0.3 is 14.0 Å². The van der Waals surface area contributed by atoms with Crippen LogP contribution in [0.5, 0.6) is 11.5 Å². The van der Waals surface area contributed by atoms with Crippen LogP contribution in [0.1, 0.15) is 12.5 Å². The van der Waals surface area contributed by atoms with Crippen molar-refractivity contribution >= 4 is 12.1 Å². The number of nitrogens with zero attached hydrogens (tertiary/aromatic N) is 3. The van der Waals surface area contributed by atoms with Crippen LogP contribution in [0.15, 0.2) is 45.2 Å². The van der Waals surface area contributed by atoms with Crippen LogP contribution in [0.4, 0.5) is 0 Å². The topological polar surface area (TPSA) is 104 Å². The fourth-order valence-electron chi connectivity index (χ4n) is 2.12. The monoisotopic (exact) mass is 360 g/mol. The van der Waals surface area contributed by atoms with E-state index in [2.05, 4.69) is 10.5 Å². The van der Waals surface area contributed by atoms with Gasteiger partial charge in [0.25, 0.3) is 11.5 Å². The Morgan fingerprint density at radius 3 is 2.50 bits per heavy atom. The molecule has 1 N–H and O–H groups in total. The van der Waals surface area contributed by atoms with Gasteiger partial charge in [-0.15, -0.1) is 0 Å². The zero-order valence-electron chi connectivity index (χ0n) is 14.8. The minimum absolute atomic E-state index is 0.164. The number of hydrogen-bond donors (Lipinski definition) is 1. The Bertz CT molecular complexity index is 929. The maximum atomic E-state index is 11.9. The van der Waals surface area contributed by atoms with Crippen molar-refractivity contribution in [3.05, 3.63) is 56.9 Å². The molecule has 26 heavy (non-hydrogen) atoms. The van der Waals surface area contributed by atoms with Gasteiger partial charge in [0.05, 0.1) is 18.4 Å². The average molecular weight is 360 g/mol. The average Bonchev–Trinajstić information content (AvgIpc) is 2.63. The highest BCUT2D eigenvalue weighted by atomic mass is 16.5. The summed E-state index contributed by atoms with van der Waals surface area (Å²) in [6.07, 6.45) is 2.52. The third-order valence-corrected chi connectivity index (χ3v) is 3.37. The van der Waals surface area contributed by atoms with Gasteiger partial charge in [-0.25, -0.2) is 10.2 Å². The van der Waals surface area contributed by atoms with Gasteiger partial charge in [0, 0.05) is 20.3 Å². The second-order valence-electron chi connectivity index (χ2n) is 5.30. The van der Waals surface area contributed by atoms with Crippen LogP contribution in [0, 0.1) is 0 Å². The van der Waals surface area contributed by atoms with Crippen molar-refractivity contribution in [2.75, 3.05) is 13.2 Å². The molecule has 0 saturated heterocycles. The van der Waals surface area contributed by atoms with E-state index in [0.717, 1.165) is 4.57 Å². The van der Waals surface area contributed by atoms with E-state index in [1.807, 2.05) is 6.92 Å². The second kappa shape index (κ2) is 8.65. The molecule has 9 nitrogen and oxygen atoms in total.